The van der Waals surface area contributed by atoms with Crippen molar-refractivity contribution in [1.29, 1.82) is 0 Å². The third kappa shape index (κ3) is 3.59. The van der Waals surface area contributed by atoms with Gasteiger partial charge < -0.3 is 19.9 Å². The quantitative estimate of drug-likeness (QED) is 0.714. The number of benzene rings is 1. The van der Waals surface area contributed by atoms with Crippen LogP contribution in [0.5, 0.6) is 0 Å². The molecule has 1 aromatic carbocycles. The summed E-state index contributed by atoms with van der Waals surface area (Å²) in [6.45, 7) is 2.38. The Labute approximate surface area is 151 Å². The maximum atomic E-state index is 14.3. The molecule has 2 aromatic rings. The second-order valence-corrected chi connectivity index (χ2v) is 6.41. The van der Waals surface area contributed by atoms with Crippen LogP contribution in [-0.4, -0.2) is 37.2 Å². The zero-order chi connectivity index (χ0) is 17.1. The van der Waals surface area contributed by atoms with E-state index in [1.807, 2.05) is 27.5 Å². The van der Waals surface area contributed by atoms with E-state index in [0.29, 0.717) is 41.2 Å². The van der Waals surface area contributed by atoms with Crippen molar-refractivity contribution < 1.29 is 13.9 Å². The number of nitrogens with one attached hydrogen (secondary N) is 2. The van der Waals surface area contributed by atoms with Gasteiger partial charge in [-0.1, -0.05) is 0 Å². The molecule has 8 heteroatoms. The van der Waals surface area contributed by atoms with Crippen LogP contribution < -0.4 is 15.8 Å². The number of carbonyl (C=O) groups is 1. The first-order valence-electron chi connectivity index (χ1n) is 7.37. The van der Waals surface area contributed by atoms with Gasteiger partial charge in [0, 0.05) is 28.5 Å². The third-order valence-electron chi connectivity index (χ3n) is 3.69. The zero-order valence-electron chi connectivity index (χ0n) is 12.6. The number of hydrogen-bond acceptors (Lipinski definition) is 4. The average molecular weight is 443 g/mol. The fourth-order valence-corrected chi connectivity index (χ4v) is 3.17. The van der Waals surface area contributed by atoms with Crippen LogP contribution in [0.1, 0.15) is 10.4 Å². The summed E-state index contributed by atoms with van der Waals surface area (Å²) in [4.78, 5) is 28.4. The van der Waals surface area contributed by atoms with Crippen molar-refractivity contribution in [3.8, 4) is 0 Å². The Morgan fingerprint density at radius 3 is 2.71 bits per heavy atom. The van der Waals surface area contributed by atoms with E-state index in [9.17, 15) is 14.0 Å². The highest BCUT2D eigenvalue weighted by atomic mass is 127. The molecule has 1 aliphatic heterocycles. The van der Waals surface area contributed by atoms with Gasteiger partial charge >= 0.3 is 0 Å². The molecule has 1 amide bonds. The lowest BCUT2D eigenvalue weighted by Crippen LogP contribution is -2.36. The van der Waals surface area contributed by atoms with Crippen molar-refractivity contribution >= 4 is 39.9 Å². The van der Waals surface area contributed by atoms with Gasteiger partial charge in [-0.2, -0.15) is 0 Å². The van der Waals surface area contributed by atoms with Gasteiger partial charge in [-0.05, 0) is 46.9 Å². The number of rotatable bonds is 3. The zero-order valence-corrected chi connectivity index (χ0v) is 14.8. The molecule has 0 aliphatic carbocycles. The van der Waals surface area contributed by atoms with E-state index in [-0.39, 0.29) is 5.56 Å². The van der Waals surface area contributed by atoms with Crippen LogP contribution in [0, 0.1) is 9.39 Å². The number of aromatic nitrogens is 1. The molecule has 0 radical (unpaired) electrons. The van der Waals surface area contributed by atoms with E-state index in [1.165, 1.54) is 12.3 Å². The van der Waals surface area contributed by atoms with E-state index in [4.69, 9.17) is 4.74 Å². The fourth-order valence-electron chi connectivity index (χ4n) is 2.51. The molecule has 0 atom stereocenters. The number of aromatic amines is 1. The minimum Gasteiger partial charge on any atom is -0.378 e. The first kappa shape index (κ1) is 16.9. The van der Waals surface area contributed by atoms with Crippen molar-refractivity contribution in [3.05, 3.63) is 55.8 Å². The van der Waals surface area contributed by atoms with Gasteiger partial charge in [0.2, 0.25) is 0 Å². The van der Waals surface area contributed by atoms with Crippen LogP contribution in [0.25, 0.3) is 0 Å². The van der Waals surface area contributed by atoms with Crippen molar-refractivity contribution in [2.45, 2.75) is 0 Å². The lowest BCUT2D eigenvalue weighted by atomic mass is 10.2. The van der Waals surface area contributed by atoms with E-state index in [1.54, 1.807) is 18.2 Å². The van der Waals surface area contributed by atoms with Gasteiger partial charge in [-0.25, -0.2) is 4.39 Å². The molecular weight excluding hydrogens is 428 g/mol. The lowest BCUT2D eigenvalue weighted by molar-refractivity contribution is 0.102. The predicted molar refractivity (Wildman–Crippen MR) is 97.2 cm³/mol. The summed E-state index contributed by atoms with van der Waals surface area (Å²) in [5.41, 5.74) is 0.303. The first-order valence-corrected chi connectivity index (χ1v) is 8.45. The molecule has 2 heterocycles. The summed E-state index contributed by atoms with van der Waals surface area (Å²) >= 11 is 1.91. The molecule has 0 unspecified atom stereocenters. The van der Waals surface area contributed by atoms with E-state index in [0.717, 1.165) is 0 Å². The lowest BCUT2D eigenvalue weighted by Gasteiger charge is -2.29. The number of nitrogens with zero attached hydrogens (tertiary/aromatic N) is 1. The molecule has 3 rings (SSSR count). The maximum absolute atomic E-state index is 14.3. The largest absolute Gasteiger partial charge is 0.378 e. The van der Waals surface area contributed by atoms with Crippen LogP contribution in [-0.2, 0) is 4.74 Å². The minimum atomic E-state index is -0.570. The number of amides is 1. The SMILES string of the molecule is O=C(Nc1ccc(N2CCOCC2)c(F)c1)c1c(I)cc[nH]c1=O. The molecule has 0 bridgehead atoms. The monoisotopic (exact) mass is 443 g/mol. The van der Waals surface area contributed by atoms with Crippen LogP contribution in [0.3, 0.4) is 0 Å². The average Bonchev–Trinajstić information content (AvgIpc) is 2.55. The number of morpholine rings is 1. The number of ether oxygens (including phenoxy) is 1. The maximum Gasteiger partial charge on any atom is 0.262 e. The Morgan fingerprint density at radius 1 is 1.29 bits per heavy atom. The highest BCUT2D eigenvalue weighted by Crippen LogP contribution is 2.24. The smallest absolute Gasteiger partial charge is 0.262 e. The molecule has 1 aromatic heterocycles. The Hall–Kier alpha value is -1.94. The molecule has 24 heavy (non-hydrogen) atoms. The number of pyridine rings is 1. The van der Waals surface area contributed by atoms with Gasteiger partial charge in [0.15, 0.2) is 0 Å². The minimum absolute atomic E-state index is 0.00997. The van der Waals surface area contributed by atoms with Crippen molar-refractivity contribution in [2.75, 3.05) is 36.5 Å². The predicted octanol–water partition coefficient (Wildman–Crippen LogP) is 2.21. The summed E-state index contributed by atoms with van der Waals surface area (Å²) in [5.74, 6) is -0.994. The summed E-state index contributed by atoms with van der Waals surface area (Å²) < 4.78 is 20.1. The molecule has 126 valence electrons. The number of anilines is 2. The summed E-state index contributed by atoms with van der Waals surface area (Å²) in [6.07, 6.45) is 1.47. The second kappa shape index (κ2) is 7.31. The highest BCUT2D eigenvalue weighted by molar-refractivity contribution is 14.1. The third-order valence-corrected chi connectivity index (χ3v) is 4.59. The van der Waals surface area contributed by atoms with Gasteiger partial charge in [0.25, 0.3) is 11.5 Å². The van der Waals surface area contributed by atoms with Crippen LogP contribution in [0.4, 0.5) is 15.8 Å². The molecule has 2 N–H and O–H groups in total. The number of halogens is 2. The Kier molecular flexibility index (Phi) is 5.14. The van der Waals surface area contributed by atoms with Crippen LogP contribution in [0.15, 0.2) is 35.3 Å². The number of carbonyl (C=O) groups excluding carboxylic acids is 1. The Balaban J connectivity index is 1.79. The second-order valence-electron chi connectivity index (χ2n) is 5.25. The van der Waals surface area contributed by atoms with Crippen molar-refractivity contribution in [3.63, 3.8) is 0 Å². The van der Waals surface area contributed by atoms with E-state index >= 15 is 0 Å². The van der Waals surface area contributed by atoms with Gasteiger partial charge in [0.05, 0.1) is 18.9 Å². The van der Waals surface area contributed by atoms with Crippen LogP contribution >= 0.6 is 22.6 Å². The van der Waals surface area contributed by atoms with Crippen molar-refractivity contribution in [2.24, 2.45) is 0 Å². The standard InChI is InChI=1S/C16H15FIN3O3/c17-11-9-10(1-2-13(11)21-5-7-24-8-6-21)20-16(23)14-12(18)3-4-19-15(14)22/h1-4,9H,5-8H2,(H,19,22)(H,20,23). The molecule has 1 aliphatic rings. The molecular formula is C16H15FIN3O3. The molecule has 0 spiro atoms. The summed E-state index contributed by atoms with van der Waals surface area (Å²) in [6, 6.07) is 6.12. The van der Waals surface area contributed by atoms with Gasteiger partial charge in [0.1, 0.15) is 11.4 Å². The summed E-state index contributed by atoms with van der Waals surface area (Å²) in [7, 11) is 0. The molecule has 1 saturated heterocycles. The van der Waals surface area contributed by atoms with Gasteiger partial charge in [-0.15, -0.1) is 0 Å². The first-order chi connectivity index (χ1) is 11.6. The molecule has 0 saturated carbocycles. The van der Waals surface area contributed by atoms with Crippen molar-refractivity contribution in [1.82, 2.24) is 4.98 Å². The normalized spacial score (nSPS) is 14.5. The molecule has 1 fully saturated rings. The highest BCUT2D eigenvalue weighted by Gasteiger charge is 2.18. The Morgan fingerprint density at radius 2 is 2.04 bits per heavy atom. The number of H-pyrrole nitrogens is 1. The van der Waals surface area contributed by atoms with Crippen LogP contribution in [0.2, 0.25) is 0 Å². The number of hydrogen-bond donors (Lipinski definition) is 2. The fraction of sp³-hybridized carbons (Fsp3) is 0.250. The Bertz CT molecular complexity index is 818. The van der Waals surface area contributed by atoms with Gasteiger partial charge in [-0.3, -0.25) is 9.59 Å². The van der Waals surface area contributed by atoms with E-state index in [2.05, 4.69) is 10.3 Å². The summed E-state index contributed by atoms with van der Waals surface area (Å²) in [5, 5.41) is 2.56. The topological polar surface area (TPSA) is 74.4 Å². The molecule has 6 nitrogen and oxygen atoms in total. The van der Waals surface area contributed by atoms with E-state index < -0.39 is 17.3 Å².